The Hall–Kier alpha value is 0.600. The third-order valence-corrected chi connectivity index (χ3v) is 7.14. The van der Waals surface area contributed by atoms with Crippen molar-refractivity contribution in [2.24, 2.45) is 5.41 Å². The van der Waals surface area contributed by atoms with Gasteiger partial charge in [0.15, 0.2) is 0 Å². The Morgan fingerprint density at radius 3 is 1.26 bits per heavy atom. The van der Waals surface area contributed by atoms with E-state index in [4.69, 9.17) is 5.11 Å². The Balaban J connectivity index is -0.000000612. The van der Waals surface area contributed by atoms with Crippen LogP contribution in [-0.4, -0.2) is 58.9 Å². The van der Waals surface area contributed by atoms with Gasteiger partial charge in [0.1, 0.15) is 6.10 Å². The number of alkyl halides is 7. The fourth-order valence-corrected chi connectivity index (χ4v) is 3.36. The third-order valence-electron chi connectivity index (χ3n) is 4.14. The van der Waals surface area contributed by atoms with Gasteiger partial charge in [-0.2, -0.15) is 30.7 Å². The van der Waals surface area contributed by atoms with E-state index in [1.807, 2.05) is 0 Å². The molecule has 0 aromatic carbocycles. The SMILES string of the molecule is CC(C)(C)C(O)CC(O)C(F)(F)C(F)(F)C(F)(F)F.CC[PH+](CC)CC.[Ag]. The molecule has 0 aliphatic carbocycles. The van der Waals surface area contributed by atoms with Gasteiger partial charge in [0.2, 0.25) is 0 Å². The number of rotatable bonds is 7. The maximum absolute atomic E-state index is 13.0. The van der Waals surface area contributed by atoms with Crippen LogP contribution in [0.25, 0.3) is 0 Å². The zero-order valence-electron chi connectivity index (χ0n) is 16.3. The summed E-state index contributed by atoms with van der Waals surface area (Å²) in [4.78, 5) is 0. The number of aliphatic hydroxyl groups excluding tert-OH is 2. The fourth-order valence-electron chi connectivity index (χ4n) is 1.86. The van der Waals surface area contributed by atoms with Crippen molar-refractivity contribution in [3.8, 4) is 0 Å². The molecule has 2 unspecified atom stereocenters. The summed E-state index contributed by atoms with van der Waals surface area (Å²) in [5.74, 6) is -12.1. The Morgan fingerprint density at radius 2 is 1.07 bits per heavy atom. The van der Waals surface area contributed by atoms with E-state index in [9.17, 15) is 35.8 Å². The van der Waals surface area contributed by atoms with Crippen molar-refractivity contribution < 1.29 is 63.3 Å². The van der Waals surface area contributed by atoms with E-state index in [1.54, 1.807) is 0 Å². The second kappa shape index (κ2) is 12.3. The molecule has 0 bridgehead atoms. The van der Waals surface area contributed by atoms with E-state index in [-0.39, 0.29) is 30.3 Å². The summed E-state index contributed by atoms with van der Waals surface area (Å²) in [6.45, 7) is 11.0. The van der Waals surface area contributed by atoms with E-state index in [1.165, 1.54) is 39.3 Å². The van der Waals surface area contributed by atoms with Gasteiger partial charge >= 0.3 is 18.0 Å². The average Bonchev–Trinajstić information content (AvgIpc) is 2.47. The van der Waals surface area contributed by atoms with Crippen molar-refractivity contribution in [2.75, 3.05) is 18.5 Å². The zero-order chi connectivity index (χ0) is 21.6. The first-order valence-corrected chi connectivity index (χ1v) is 10.5. The molecule has 0 fully saturated rings. The van der Waals surface area contributed by atoms with Gasteiger partial charge in [0.05, 0.1) is 24.6 Å². The molecule has 1 radical (unpaired) electrons. The number of aliphatic hydroxyl groups is 2. The molecule has 0 aliphatic rings. The van der Waals surface area contributed by atoms with Crippen LogP contribution >= 0.6 is 7.92 Å². The minimum Gasteiger partial charge on any atom is -0.392 e. The molecule has 0 aliphatic heterocycles. The maximum Gasteiger partial charge on any atom is 0.459 e. The van der Waals surface area contributed by atoms with Crippen LogP contribution in [-0.2, 0) is 22.4 Å². The van der Waals surface area contributed by atoms with Crippen molar-refractivity contribution in [3.05, 3.63) is 0 Å². The van der Waals surface area contributed by atoms with Crippen LogP contribution in [0.2, 0.25) is 0 Å². The molecular formula is C16H31AgF7O2P+. The van der Waals surface area contributed by atoms with Crippen molar-refractivity contribution in [2.45, 2.75) is 78.2 Å². The van der Waals surface area contributed by atoms with Crippen LogP contribution in [0.1, 0.15) is 48.0 Å². The van der Waals surface area contributed by atoms with E-state index in [0.29, 0.717) is 0 Å². The van der Waals surface area contributed by atoms with Crippen LogP contribution in [0.3, 0.4) is 0 Å². The van der Waals surface area contributed by atoms with Crippen molar-refractivity contribution >= 4 is 7.92 Å². The Labute approximate surface area is 173 Å². The summed E-state index contributed by atoms with van der Waals surface area (Å²) in [7, 11) is 0.137. The van der Waals surface area contributed by atoms with E-state index >= 15 is 0 Å². The molecule has 27 heavy (non-hydrogen) atoms. The van der Waals surface area contributed by atoms with Gasteiger partial charge < -0.3 is 10.2 Å². The van der Waals surface area contributed by atoms with Gasteiger partial charge in [-0.1, -0.05) is 20.8 Å². The van der Waals surface area contributed by atoms with Crippen LogP contribution in [0, 0.1) is 5.41 Å². The summed E-state index contributed by atoms with van der Waals surface area (Å²) < 4.78 is 86.8. The first kappa shape index (κ1) is 32.3. The largest absolute Gasteiger partial charge is 0.459 e. The molecule has 171 valence electrons. The predicted octanol–water partition coefficient (Wildman–Crippen LogP) is 5.24. The average molecular weight is 527 g/mol. The Bertz CT molecular complexity index is 392. The van der Waals surface area contributed by atoms with E-state index < -0.39 is 42.1 Å². The number of hydrogen-bond donors (Lipinski definition) is 2. The molecule has 0 aromatic rings. The fraction of sp³-hybridized carbons (Fsp3) is 1.00. The Morgan fingerprint density at radius 1 is 0.741 bits per heavy atom. The van der Waals surface area contributed by atoms with Gasteiger partial charge in [0, 0.05) is 28.8 Å². The number of hydrogen-bond acceptors (Lipinski definition) is 2. The normalized spacial score (nSPS) is 15.6. The topological polar surface area (TPSA) is 40.5 Å². The van der Waals surface area contributed by atoms with Crippen LogP contribution in [0.4, 0.5) is 30.7 Å². The summed E-state index contributed by atoms with van der Waals surface area (Å²) in [6, 6.07) is 0. The summed E-state index contributed by atoms with van der Waals surface area (Å²) in [5.41, 5.74) is -1.05. The van der Waals surface area contributed by atoms with Crippen molar-refractivity contribution in [1.29, 1.82) is 0 Å². The molecule has 11 heteroatoms. The summed E-state index contributed by atoms with van der Waals surface area (Å²) in [5, 5.41) is 18.3. The second-order valence-electron chi connectivity index (χ2n) is 7.14. The smallest absolute Gasteiger partial charge is 0.392 e. The van der Waals surface area contributed by atoms with Crippen LogP contribution < -0.4 is 0 Å². The molecule has 0 spiro atoms. The molecule has 0 rings (SSSR count). The first-order valence-electron chi connectivity index (χ1n) is 8.42. The third kappa shape index (κ3) is 9.77. The van der Waals surface area contributed by atoms with Gasteiger partial charge in [-0.25, -0.2) is 0 Å². The molecule has 2 atom stereocenters. The molecular weight excluding hydrogens is 496 g/mol. The predicted molar refractivity (Wildman–Crippen MR) is 92.0 cm³/mol. The summed E-state index contributed by atoms with van der Waals surface area (Å²) in [6.07, 6.45) is -8.42. The van der Waals surface area contributed by atoms with Gasteiger partial charge in [0.25, 0.3) is 0 Å². The van der Waals surface area contributed by atoms with E-state index in [0.717, 1.165) is 0 Å². The second-order valence-corrected chi connectivity index (χ2v) is 10.8. The molecule has 0 saturated heterocycles. The summed E-state index contributed by atoms with van der Waals surface area (Å²) >= 11 is 0. The first-order chi connectivity index (χ1) is 11.4. The van der Waals surface area contributed by atoms with Gasteiger partial charge in [-0.05, 0) is 34.1 Å². The van der Waals surface area contributed by atoms with Crippen molar-refractivity contribution in [1.82, 2.24) is 0 Å². The molecule has 0 aromatic heterocycles. The molecule has 0 amide bonds. The minimum absolute atomic E-state index is 0. The van der Waals surface area contributed by atoms with Crippen molar-refractivity contribution in [3.63, 3.8) is 0 Å². The van der Waals surface area contributed by atoms with Gasteiger partial charge in [-0.15, -0.1) is 0 Å². The zero-order valence-corrected chi connectivity index (χ0v) is 18.8. The van der Waals surface area contributed by atoms with Gasteiger partial charge in [-0.3, -0.25) is 0 Å². The van der Waals surface area contributed by atoms with Crippen LogP contribution in [0.5, 0.6) is 0 Å². The molecule has 0 heterocycles. The standard InChI is InChI=1S/C10H15F7O2.C6H15P.Ag/c1-7(2,3)5(18)4-6(19)8(11,12)9(13,14)10(15,16)17;1-4-7(5-2)6-3;/h5-6,18-19H,4H2,1-3H3;4-6H2,1-3H3;/p+1. The monoisotopic (exact) mass is 526 g/mol. The quantitative estimate of drug-likeness (QED) is 0.271. The molecule has 2 N–H and O–H groups in total. The maximum atomic E-state index is 13.0. The van der Waals surface area contributed by atoms with Crippen LogP contribution in [0.15, 0.2) is 0 Å². The molecule has 0 saturated carbocycles. The molecule has 2 nitrogen and oxygen atoms in total. The Kier molecular flexibility index (Phi) is 14.7. The van der Waals surface area contributed by atoms with E-state index in [2.05, 4.69) is 20.8 Å². The minimum atomic E-state index is -6.50. The number of halogens is 7.